The second kappa shape index (κ2) is 7.45. The number of hydrogen-bond acceptors (Lipinski definition) is 3. The SMILES string of the molecule is CCCC(NCC(=O)N(C)CC)c1cccs1. The highest BCUT2D eigenvalue weighted by Crippen LogP contribution is 2.22. The van der Waals surface area contributed by atoms with Crippen LogP contribution in [0.4, 0.5) is 0 Å². The predicted octanol–water partition coefficient (Wildman–Crippen LogP) is 2.66. The Morgan fingerprint density at radius 1 is 1.53 bits per heavy atom. The van der Waals surface area contributed by atoms with Crippen LogP contribution in [-0.2, 0) is 4.79 Å². The summed E-state index contributed by atoms with van der Waals surface area (Å²) in [5.41, 5.74) is 0. The van der Waals surface area contributed by atoms with Gasteiger partial charge in [0.2, 0.25) is 5.91 Å². The van der Waals surface area contributed by atoms with Gasteiger partial charge in [0, 0.05) is 24.5 Å². The van der Waals surface area contributed by atoms with E-state index in [4.69, 9.17) is 0 Å². The molecule has 0 aliphatic carbocycles. The van der Waals surface area contributed by atoms with Crippen LogP contribution in [-0.4, -0.2) is 30.9 Å². The number of hydrogen-bond donors (Lipinski definition) is 1. The summed E-state index contributed by atoms with van der Waals surface area (Å²) >= 11 is 1.75. The number of thiophene rings is 1. The predicted molar refractivity (Wildman–Crippen MR) is 73.3 cm³/mol. The maximum atomic E-state index is 11.7. The first-order valence-corrected chi connectivity index (χ1v) is 7.07. The third-order valence-electron chi connectivity index (χ3n) is 2.86. The van der Waals surface area contributed by atoms with Crippen LogP contribution in [0.3, 0.4) is 0 Å². The summed E-state index contributed by atoms with van der Waals surface area (Å²) in [6.45, 7) is 5.34. The van der Waals surface area contributed by atoms with Gasteiger partial charge in [-0.05, 0) is 24.8 Å². The van der Waals surface area contributed by atoms with Crippen LogP contribution < -0.4 is 5.32 Å². The highest BCUT2D eigenvalue weighted by molar-refractivity contribution is 7.10. The molecule has 4 heteroatoms. The molecule has 1 amide bonds. The summed E-state index contributed by atoms with van der Waals surface area (Å²) in [5, 5.41) is 5.44. The lowest BCUT2D eigenvalue weighted by molar-refractivity contribution is -0.128. The first kappa shape index (κ1) is 14.2. The van der Waals surface area contributed by atoms with E-state index in [0.29, 0.717) is 12.6 Å². The van der Waals surface area contributed by atoms with Gasteiger partial charge in [0.15, 0.2) is 0 Å². The molecule has 0 bridgehead atoms. The summed E-state index contributed by atoms with van der Waals surface area (Å²) in [6, 6.07) is 4.50. The molecule has 17 heavy (non-hydrogen) atoms. The number of rotatable bonds is 7. The lowest BCUT2D eigenvalue weighted by atomic mass is 10.1. The Morgan fingerprint density at radius 3 is 2.82 bits per heavy atom. The maximum Gasteiger partial charge on any atom is 0.236 e. The van der Waals surface area contributed by atoms with Crippen molar-refractivity contribution in [2.24, 2.45) is 0 Å². The molecule has 0 aliphatic heterocycles. The van der Waals surface area contributed by atoms with Gasteiger partial charge in [0.05, 0.1) is 6.54 Å². The Hall–Kier alpha value is -0.870. The zero-order valence-electron chi connectivity index (χ0n) is 10.9. The number of nitrogens with zero attached hydrogens (tertiary/aromatic N) is 1. The first-order valence-electron chi connectivity index (χ1n) is 6.19. The molecule has 0 saturated heterocycles. The van der Waals surface area contributed by atoms with Crippen LogP contribution in [0.1, 0.15) is 37.6 Å². The Bertz CT molecular complexity index is 324. The van der Waals surface area contributed by atoms with Gasteiger partial charge >= 0.3 is 0 Å². The molecule has 0 radical (unpaired) electrons. The molecule has 1 aromatic rings. The highest BCUT2D eigenvalue weighted by Gasteiger charge is 2.13. The van der Waals surface area contributed by atoms with Crippen molar-refractivity contribution in [1.82, 2.24) is 10.2 Å². The van der Waals surface area contributed by atoms with Crippen LogP contribution >= 0.6 is 11.3 Å². The number of carbonyl (C=O) groups is 1. The largest absolute Gasteiger partial charge is 0.345 e. The van der Waals surface area contributed by atoms with Crippen molar-refractivity contribution in [3.8, 4) is 0 Å². The van der Waals surface area contributed by atoms with Gasteiger partial charge in [0.25, 0.3) is 0 Å². The third kappa shape index (κ3) is 4.48. The molecule has 1 atom stereocenters. The Kier molecular flexibility index (Phi) is 6.22. The first-order chi connectivity index (χ1) is 8.19. The molecule has 1 aromatic heterocycles. The number of amides is 1. The average molecular weight is 254 g/mol. The Labute approximate surface area is 108 Å². The summed E-state index contributed by atoms with van der Waals surface area (Å²) in [6.07, 6.45) is 2.19. The van der Waals surface area contributed by atoms with Crippen molar-refractivity contribution in [3.05, 3.63) is 22.4 Å². The minimum absolute atomic E-state index is 0.158. The van der Waals surface area contributed by atoms with Gasteiger partial charge in [-0.1, -0.05) is 19.4 Å². The minimum atomic E-state index is 0.158. The summed E-state index contributed by atoms with van der Waals surface area (Å²) in [4.78, 5) is 14.8. The molecule has 3 nitrogen and oxygen atoms in total. The molecule has 0 fully saturated rings. The van der Waals surface area contributed by atoms with E-state index in [-0.39, 0.29) is 5.91 Å². The molecular weight excluding hydrogens is 232 g/mol. The molecular formula is C13H22N2OS. The zero-order chi connectivity index (χ0) is 12.7. The highest BCUT2D eigenvalue weighted by atomic mass is 32.1. The Morgan fingerprint density at radius 2 is 2.29 bits per heavy atom. The smallest absolute Gasteiger partial charge is 0.236 e. The van der Waals surface area contributed by atoms with E-state index in [1.165, 1.54) is 4.88 Å². The van der Waals surface area contributed by atoms with Crippen LogP contribution in [0.25, 0.3) is 0 Å². The van der Waals surface area contributed by atoms with Crippen molar-refractivity contribution in [1.29, 1.82) is 0 Å². The van der Waals surface area contributed by atoms with Gasteiger partial charge < -0.3 is 10.2 Å². The van der Waals surface area contributed by atoms with Crippen LogP contribution in [0.5, 0.6) is 0 Å². The van der Waals surface area contributed by atoms with Gasteiger partial charge in [-0.3, -0.25) is 4.79 Å². The summed E-state index contributed by atoms with van der Waals surface area (Å²) in [5.74, 6) is 0.158. The van der Waals surface area contributed by atoms with Gasteiger partial charge in [0.1, 0.15) is 0 Å². The van der Waals surface area contributed by atoms with Crippen molar-refractivity contribution in [2.75, 3.05) is 20.1 Å². The van der Waals surface area contributed by atoms with Crippen LogP contribution in [0, 0.1) is 0 Å². The van der Waals surface area contributed by atoms with E-state index in [1.54, 1.807) is 16.2 Å². The normalized spacial score (nSPS) is 12.4. The number of likely N-dealkylation sites (N-methyl/N-ethyl adjacent to an activating group) is 1. The van der Waals surface area contributed by atoms with Gasteiger partial charge in [-0.2, -0.15) is 0 Å². The van der Waals surface area contributed by atoms with E-state index in [0.717, 1.165) is 19.4 Å². The monoisotopic (exact) mass is 254 g/mol. The van der Waals surface area contributed by atoms with E-state index >= 15 is 0 Å². The van der Waals surface area contributed by atoms with Crippen molar-refractivity contribution >= 4 is 17.2 Å². The van der Waals surface area contributed by atoms with Crippen LogP contribution in [0.15, 0.2) is 17.5 Å². The van der Waals surface area contributed by atoms with Gasteiger partial charge in [-0.15, -0.1) is 11.3 Å². The number of carbonyl (C=O) groups excluding carboxylic acids is 1. The fourth-order valence-electron chi connectivity index (χ4n) is 1.64. The van der Waals surface area contributed by atoms with Crippen molar-refractivity contribution in [3.63, 3.8) is 0 Å². The fourth-order valence-corrected chi connectivity index (χ4v) is 2.48. The summed E-state index contributed by atoms with van der Waals surface area (Å²) in [7, 11) is 1.84. The van der Waals surface area contributed by atoms with Crippen LogP contribution in [0.2, 0.25) is 0 Å². The van der Waals surface area contributed by atoms with Crippen molar-refractivity contribution in [2.45, 2.75) is 32.7 Å². The van der Waals surface area contributed by atoms with Crippen molar-refractivity contribution < 1.29 is 4.79 Å². The maximum absolute atomic E-state index is 11.7. The lowest BCUT2D eigenvalue weighted by Crippen LogP contribution is -2.36. The molecule has 0 aromatic carbocycles. The molecule has 1 unspecified atom stereocenters. The molecule has 1 rings (SSSR count). The standard InChI is InChI=1S/C13H22N2OS/c1-4-7-11(12-8-6-9-17-12)14-10-13(16)15(3)5-2/h6,8-9,11,14H,4-5,7,10H2,1-3H3. The zero-order valence-corrected chi connectivity index (χ0v) is 11.7. The summed E-state index contributed by atoms with van der Waals surface area (Å²) < 4.78 is 0. The molecule has 1 N–H and O–H groups in total. The van der Waals surface area contributed by atoms with E-state index in [2.05, 4.69) is 29.8 Å². The minimum Gasteiger partial charge on any atom is -0.345 e. The second-order valence-corrected chi connectivity index (χ2v) is 5.12. The van der Waals surface area contributed by atoms with Gasteiger partial charge in [-0.25, -0.2) is 0 Å². The molecule has 0 saturated carbocycles. The van der Waals surface area contributed by atoms with E-state index in [1.807, 2.05) is 14.0 Å². The lowest BCUT2D eigenvalue weighted by Gasteiger charge is -2.19. The average Bonchev–Trinajstić information content (AvgIpc) is 2.86. The fraction of sp³-hybridized carbons (Fsp3) is 0.615. The number of nitrogens with one attached hydrogen (secondary N) is 1. The molecule has 96 valence electrons. The Balaban J connectivity index is 2.48. The molecule has 0 spiro atoms. The third-order valence-corrected chi connectivity index (χ3v) is 3.85. The molecule has 1 heterocycles. The van der Waals surface area contributed by atoms with E-state index in [9.17, 15) is 4.79 Å². The van der Waals surface area contributed by atoms with E-state index < -0.39 is 0 Å². The molecule has 0 aliphatic rings. The second-order valence-electron chi connectivity index (χ2n) is 4.15. The quantitative estimate of drug-likeness (QED) is 0.811. The topological polar surface area (TPSA) is 32.3 Å².